The maximum atomic E-state index is 12.0. The minimum atomic E-state index is -4.05. The molecular formula is C13H14N2O6S2. The van der Waals surface area contributed by atoms with Crippen LogP contribution in [0.25, 0.3) is 10.2 Å². The van der Waals surface area contributed by atoms with Gasteiger partial charge < -0.3 is 4.74 Å². The summed E-state index contributed by atoms with van der Waals surface area (Å²) < 4.78 is 37.1. The predicted octanol–water partition coefficient (Wildman–Crippen LogP) is 1.84. The van der Waals surface area contributed by atoms with Crippen molar-refractivity contribution in [2.75, 3.05) is 25.2 Å². The number of hydrogen-bond acceptors (Lipinski definition) is 8. The van der Waals surface area contributed by atoms with Gasteiger partial charge in [-0.25, -0.2) is 14.0 Å². The van der Waals surface area contributed by atoms with Crippen LogP contribution in [-0.4, -0.2) is 45.9 Å². The van der Waals surface area contributed by atoms with Gasteiger partial charge in [0.1, 0.15) is 12.7 Å². The number of benzene rings is 1. The van der Waals surface area contributed by atoms with Gasteiger partial charge in [-0.1, -0.05) is 0 Å². The first kappa shape index (κ1) is 16.1. The van der Waals surface area contributed by atoms with Crippen LogP contribution >= 0.6 is 11.3 Å². The van der Waals surface area contributed by atoms with E-state index < -0.39 is 22.6 Å². The van der Waals surface area contributed by atoms with Gasteiger partial charge in [0.25, 0.3) is 0 Å². The molecule has 10 heteroatoms. The number of aromatic nitrogens is 1. The molecule has 2 aromatic rings. The number of amides is 1. The fourth-order valence-electron chi connectivity index (χ4n) is 2.22. The first-order valence-corrected chi connectivity index (χ1v) is 8.83. The zero-order chi connectivity index (χ0) is 16.6. The summed E-state index contributed by atoms with van der Waals surface area (Å²) in [4.78, 5) is 17.8. The lowest BCUT2D eigenvalue weighted by molar-refractivity contribution is 0.0995. The highest BCUT2D eigenvalue weighted by atomic mass is 32.3. The topological polar surface area (TPSA) is 95.0 Å². The quantitative estimate of drug-likeness (QED) is 0.805. The average Bonchev–Trinajstić information content (AvgIpc) is 3.06. The van der Waals surface area contributed by atoms with Gasteiger partial charge in [0.05, 0.1) is 28.9 Å². The van der Waals surface area contributed by atoms with E-state index >= 15 is 0 Å². The van der Waals surface area contributed by atoms with E-state index in [4.69, 9.17) is 4.74 Å². The SMILES string of the molecule is COS(=O)(=O)OC[C@H]1CN(c2ccc3nc(C)sc3c2)C(=O)O1. The van der Waals surface area contributed by atoms with E-state index in [2.05, 4.69) is 13.4 Å². The number of rotatable bonds is 5. The smallest absolute Gasteiger partial charge is 0.414 e. The van der Waals surface area contributed by atoms with E-state index in [-0.39, 0.29) is 13.2 Å². The number of nitrogens with zero attached hydrogens (tertiary/aromatic N) is 2. The monoisotopic (exact) mass is 358 g/mol. The molecule has 1 fully saturated rings. The van der Waals surface area contributed by atoms with Crippen molar-refractivity contribution in [3.63, 3.8) is 0 Å². The second kappa shape index (κ2) is 6.04. The van der Waals surface area contributed by atoms with Crippen LogP contribution in [0, 0.1) is 6.92 Å². The molecule has 0 unspecified atom stereocenters. The summed E-state index contributed by atoms with van der Waals surface area (Å²) in [6, 6.07) is 5.47. The number of carbonyl (C=O) groups is 1. The number of ether oxygens (including phenoxy) is 1. The van der Waals surface area contributed by atoms with Crippen molar-refractivity contribution in [1.82, 2.24) is 4.98 Å². The molecule has 1 amide bonds. The van der Waals surface area contributed by atoms with Gasteiger partial charge in [-0.05, 0) is 25.1 Å². The molecule has 1 aliphatic heterocycles. The Bertz CT molecular complexity index is 847. The molecule has 0 radical (unpaired) electrons. The molecule has 0 bridgehead atoms. The van der Waals surface area contributed by atoms with E-state index in [1.807, 2.05) is 19.1 Å². The molecule has 1 aliphatic rings. The van der Waals surface area contributed by atoms with Crippen molar-refractivity contribution in [3.8, 4) is 0 Å². The lowest BCUT2D eigenvalue weighted by atomic mass is 10.2. The molecule has 0 N–H and O–H groups in total. The van der Waals surface area contributed by atoms with Gasteiger partial charge in [0, 0.05) is 5.69 Å². The van der Waals surface area contributed by atoms with Crippen molar-refractivity contribution in [3.05, 3.63) is 23.2 Å². The molecule has 2 heterocycles. The largest absolute Gasteiger partial charge is 0.441 e. The Balaban J connectivity index is 1.73. The maximum absolute atomic E-state index is 12.0. The Morgan fingerprint density at radius 3 is 3.00 bits per heavy atom. The van der Waals surface area contributed by atoms with E-state index in [1.54, 1.807) is 6.07 Å². The Labute approximate surface area is 136 Å². The number of cyclic esters (lactones) is 1. The van der Waals surface area contributed by atoms with Gasteiger partial charge in [-0.3, -0.25) is 9.08 Å². The van der Waals surface area contributed by atoms with E-state index in [1.165, 1.54) is 16.2 Å². The van der Waals surface area contributed by atoms with Crippen LogP contribution < -0.4 is 4.90 Å². The highest BCUT2D eigenvalue weighted by molar-refractivity contribution is 7.81. The third kappa shape index (κ3) is 3.44. The third-order valence-electron chi connectivity index (χ3n) is 3.27. The molecule has 1 saturated heterocycles. The lowest BCUT2D eigenvalue weighted by Gasteiger charge is -2.12. The fraction of sp³-hybridized carbons (Fsp3) is 0.385. The second-order valence-corrected chi connectivity index (χ2v) is 7.48. The second-order valence-electron chi connectivity index (χ2n) is 4.86. The van der Waals surface area contributed by atoms with Crippen molar-refractivity contribution in [2.24, 2.45) is 0 Å². The van der Waals surface area contributed by atoms with Gasteiger partial charge in [-0.2, -0.15) is 8.42 Å². The van der Waals surface area contributed by atoms with Gasteiger partial charge in [0.15, 0.2) is 0 Å². The lowest BCUT2D eigenvalue weighted by Crippen LogP contribution is -2.26. The molecule has 0 aliphatic carbocycles. The first-order chi connectivity index (χ1) is 10.9. The average molecular weight is 358 g/mol. The zero-order valence-electron chi connectivity index (χ0n) is 12.4. The molecule has 0 saturated carbocycles. The number of thiazole rings is 1. The van der Waals surface area contributed by atoms with E-state index in [0.29, 0.717) is 5.69 Å². The molecule has 1 aromatic carbocycles. The molecule has 1 atom stereocenters. The van der Waals surface area contributed by atoms with Gasteiger partial charge in [-0.15, -0.1) is 11.3 Å². The van der Waals surface area contributed by atoms with Crippen molar-refractivity contribution < 1.29 is 26.3 Å². The number of aryl methyl sites for hydroxylation is 1. The zero-order valence-corrected chi connectivity index (χ0v) is 14.0. The summed E-state index contributed by atoms with van der Waals surface area (Å²) in [6.45, 7) is 1.82. The number of carbonyl (C=O) groups excluding carboxylic acids is 1. The van der Waals surface area contributed by atoms with E-state index in [0.717, 1.165) is 22.3 Å². The summed E-state index contributed by atoms with van der Waals surface area (Å²) in [5.41, 5.74) is 1.54. The highest BCUT2D eigenvalue weighted by Gasteiger charge is 2.33. The molecule has 23 heavy (non-hydrogen) atoms. The minimum Gasteiger partial charge on any atom is -0.441 e. The first-order valence-electron chi connectivity index (χ1n) is 6.68. The molecule has 0 spiro atoms. The number of hydrogen-bond donors (Lipinski definition) is 0. The molecule has 8 nitrogen and oxygen atoms in total. The van der Waals surface area contributed by atoms with Crippen molar-refractivity contribution in [1.29, 1.82) is 0 Å². The Morgan fingerprint density at radius 1 is 1.48 bits per heavy atom. The molecule has 124 valence electrons. The summed E-state index contributed by atoms with van der Waals surface area (Å²) >= 11 is 1.53. The summed E-state index contributed by atoms with van der Waals surface area (Å²) in [5, 5.41) is 0.942. The van der Waals surface area contributed by atoms with Crippen LogP contribution in [0.3, 0.4) is 0 Å². The predicted molar refractivity (Wildman–Crippen MR) is 83.9 cm³/mol. The van der Waals surface area contributed by atoms with Gasteiger partial charge in [0.2, 0.25) is 0 Å². The third-order valence-corrected chi connectivity index (χ3v) is 5.03. The normalized spacial score (nSPS) is 18.6. The van der Waals surface area contributed by atoms with Crippen LogP contribution in [0.15, 0.2) is 18.2 Å². The van der Waals surface area contributed by atoms with Crippen LogP contribution in [0.1, 0.15) is 5.01 Å². The van der Waals surface area contributed by atoms with Crippen LogP contribution in [0.2, 0.25) is 0 Å². The highest BCUT2D eigenvalue weighted by Crippen LogP contribution is 2.29. The standard InChI is InChI=1S/C13H14N2O6S2/c1-8-14-11-4-3-9(5-12(11)22-8)15-6-10(21-13(15)16)7-20-23(17,18)19-2/h3-5,10H,6-7H2,1-2H3/t10-/m1/s1. The number of fused-ring (bicyclic) bond motifs is 1. The minimum absolute atomic E-state index is 0.196. The van der Waals surface area contributed by atoms with Gasteiger partial charge >= 0.3 is 16.5 Å². The van der Waals surface area contributed by atoms with Crippen molar-refractivity contribution >= 4 is 43.7 Å². The Morgan fingerprint density at radius 2 is 2.26 bits per heavy atom. The Kier molecular flexibility index (Phi) is 4.23. The summed E-state index contributed by atoms with van der Waals surface area (Å²) in [7, 11) is -3.05. The van der Waals surface area contributed by atoms with Crippen LogP contribution in [-0.2, 0) is 23.5 Å². The number of anilines is 1. The van der Waals surface area contributed by atoms with E-state index in [9.17, 15) is 13.2 Å². The summed E-state index contributed by atoms with van der Waals surface area (Å²) in [5.74, 6) is 0. The molecule has 1 aromatic heterocycles. The Hall–Kier alpha value is -1.75. The fourth-order valence-corrected chi connectivity index (χ4v) is 3.50. The summed E-state index contributed by atoms with van der Waals surface area (Å²) in [6.07, 6.45) is -1.24. The molecular weight excluding hydrogens is 344 g/mol. The molecule has 3 rings (SSSR count). The van der Waals surface area contributed by atoms with Crippen molar-refractivity contribution in [2.45, 2.75) is 13.0 Å². The maximum Gasteiger partial charge on any atom is 0.414 e. The van der Waals surface area contributed by atoms with Crippen LogP contribution in [0.5, 0.6) is 0 Å². The van der Waals surface area contributed by atoms with Crippen LogP contribution in [0.4, 0.5) is 10.5 Å².